The van der Waals surface area contributed by atoms with E-state index in [2.05, 4.69) is 43.2 Å². The van der Waals surface area contributed by atoms with E-state index in [0.29, 0.717) is 0 Å². The predicted octanol–water partition coefficient (Wildman–Crippen LogP) is 5.03. The van der Waals surface area contributed by atoms with Gasteiger partial charge in [0.15, 0.2) is 0 Å². The fourth-order valence-corrected chi connectivity index (χ4v) is 2.35. The lowest BCUT2D eigenvalue weighted by atomic mass is 10.2. The van der Waals surface area contributed by atoms with E-state index >= 15 is 0 Å². The normalized spacial score (nSPS) is 10.5. The highest BCUT2D eigenvalue weighted by molar-refractivity contribution is 9.10. The molecule has 0 spiro atoms. The Hall–Kier alpha value is -0.840. The molecule has 0 heterocycles. The molecule has 0 aromatic heterocycles. The largest absolute Gasteiger partial charge is 0.457 e. The summed E-state index contributed by atoms with van der Waals surface area (Å²) in [5.41, 5.74) is 2.29. The summed E-state index contributed by atoms with van der Waals surface area (Å²) in [6.07, 6.45) is 0. The van der Waals surface area contributed by atoms with E-state index < -0.39 is 0 Å². The van der Waals surface area contributed by atoms with Gasteiger partial charge in [-0.3, -0.25) is 0 Å². The van der Waals surface area contributed by atoms with Crippen LogP contribution in [0.3, 0.4) is 0 Å². The minimum Gasteiger partial charge on any atom is -0.457 e. The van der Waals surface area contributed by atoms with Gasteiger partial charge in [0.2, 0.25) is 0 Å². The van der Waals surface area contributed by atoms with Gasteiger partial charge < -0.3 is 10.1 Å². The second kappa shape index (κ2) is 6.55. The Morgan fingerprint density at radius 2 is 1.89 bits per heavy atom. The molecule has 0 radical (unpaired) electrons. The third-order valence-electron chi connectivity index (χ3n) is 2.75. The van der Waals surface area contributed by atoms with Crippen LogP contribution in [-0.4, -0.2) is 7.05 Å². The summed E-state index contributed by atoms with van der Waals surface area (Å²) in [4.78, 5) is 0. The molecule has 0 bridgehead atoms. The maximum absolute atomic E-state index is 5.99. The minimum atomic E-state index is 0.776. The van der Waals surface area contributed by atoms with Crippen LogP contribution < -0.4 is 10.1 Å². The highest BCUT2D eigenvalue weighted by Gasteiger charge is 2.06. The van der Waals surface area contributed by atoms with E-state index in [-0.39, 0.29) is 0 Å². The number of ether oxygens (including phenoxy) is 1. The average molecular weight is 385 g/mol. The quantitative estimate of drug-likeness (QED) is 0.797. The molecule has 0 amide bonds. The summed E-state index contributed by atoms with van der Waals surface area (Å²) >= 11 is 6.97. The van der Waals surface area contributed by atoms with Gasteiger partial charge in [0.05, 0.1) is 0 Å². The number of benzene rings is 2. The molecule has 0 aliphatic heterocycles. The fraction of sp³-hybridized carbons (Fsp3) is 0.200. The summed E-state index contributed by atoms with van der Waals surface area (Å²) in [5, 5.41) is 3.15. The molecule has 0 atom stereocenters. The Balaban J connectivity index is 2.30. The molecule has 2 nitrogen and oxygen atoms in total. The molecule has 0 saturated heterocycles. The lowest BCUT2D eigenvalue weighted by molar-refractivity contribution is 0.473. The minimum absolute atomic E-state index is 0.776. The van der Waals surface area contributed by atoms with Crippen molar-refractivity contribution >= 4 is 31.9 Å². The van der Waals surface area contributed by atoms with E-state index in [1.54, 1.807) is 0 Å². The Morgan fingerprint density at radius 3 is 2.58 bits per heavy atom. The molecule has 19 heavy (non-hydrogen) atoms. The van der Waals surface area contributed by atoms with E-state index in [4.69, 9.17) is 4.74 Å². The molecule has 2 rings (SSSR count). The van der Waals surface area contributed by atoms with Crippen LogP contribution in [0.1, 0.15) is 11.1 Å². The molecule has 0 aliphatic carbocycles. The van der Waals surface area contributed by atoms with Crippen molar-refractivity contribution in [1.82, 2.24) is 5.32 Å². The van der Waals surface area contributed by atoms with E-state index in [9.17, 15) is 0 Å². The third-order valence-corrected chi connectivity index (χ3v) is 4.14. The first-order valence-corrected chi connectivity index (χ1v) is 7.56. The molecule has 2 aromatic rings. The second-order valence-corrected chi connectivity index (χ2v) is 6.07. The van der Waals surface area contributed by atoms with Crippen LogP contribution in [0, 0.1) is 6.92 Å². The summed E-state index contributed by atoms with van der Waals surface area (Å²) in [6, 6.07) is 12.0. The second-order valence-electron chi connectivity index (χ2n) is 4.30. The Labute approximate surface area is 130 Å². The van der Waals surface area contributed by atoms with Gasteiger partial charge in [0.1, 0.15) is 11.5 Å². The maximum atomic E-state index is 5.99. The molecule has 0 fully saturated rings. The number of nitrogens with one attached hydrogen (secondary N) is 1. The highest BCUT2D eigenvalue weighted by atomic mass is 79.9. The van der Waals surface area contributed by atoms with Gasteiger partial charge >= 0.3 is 0 Å². The molecular weight excluding hydrogens is 370 g/mol. The predicted molar refractivity (Wildman–Crippen MR) is 85.9 cm³/mol. The van der Waals surface area contributed by atoms with Crippen LogP contribution in [-0.2, 0) is 6.54 Å². The fourth-order valence-electron chi connectivity index (χ4n) is 1.77. The van der Waals surface area contributed by atoms with Crippen molar-refractivity contribution < 1.29 is 4.74 Å². The van der Waals surface area contributed by atoms with Gasteiger partial charge in [-0.25, -0.2) is 0 Å². The number of aryl methyl sites for hydroxylation is 1. The zero-order valence-corrected chi connectivity index (χ0v) is 14.0. The van der Waals surface area contributed by atoms with Crippen LogP contribution in [0.15, 0.2) is 45.3 Å². The molecular formula is C15H15Br2NO. The van der Waals surface area contributed by atoms with Gasteiger partial charge in [-0.15, -0.1) is 0 Å². The monoisotopic (exact) mass is 383 g/mol. The van der Waals surface area contributed by atoms with Crippen molar-refractivity contribution in [2.45, 2.75) is 13.5 Å². The zero-order chi connectivity index (χ0) is 13.8. The van der Waals surface area contributed by atoms with Crippen molar-refractivity contribution in [1.29, 1.82) is 0 Å². The lowest BCUT2D eigenvalue weighted by Crippen LogP contribution is -2.06. The Morgan fingerprint density at radius 1 is 1.11 bits per heavy atom. The van der Waals surface area contributed by atoms with Crippen molar-refractivity contribution in [2.75, 3.05) is 7.05 Å². The molecule has 0 aliphatic rings. The maximum Gasteiger partial charge on any atom is 0.133 e. The van der Waals surface area contributed by atoms with Gasteiger partial charge in [0, 0.05) is 21.1 Å². The van der Waals surface area contributed by atoms with E-state index in [0.717, 1.165) is 38.1 Å². The number of halogens is 2. The Kier molecular flexibility index (Phi) is 5.02. The summed E-state index contributed by atoms with van der Waals surface area (Å²) < 4.78 is 8.09. The molecule has 1 N–H and O–H groups in total. The smallest absolute Gasteiger partial charge is 0.133 e. The zero-order valence-electron chi connectivity index (χ0n) is 10.8. The topological polar surface area (TPSA) is 21.3 Å². The SMILES string of the molecule is CNCc1ccc(Br)cc1Oc1ccc(Br)c(C)c1. The van der Waals surface area contributed by atoms with Crippen LogP contribution in [0.4, 0.5) is 0 Å². The van der Waals surface area contributed by atoms with Gasteiger partial charge in [-0.05, 0) is 49.9 Å². The highest BCUT2D eigenvalue weighted by Crippen LogP contribution is 2.30. The Bertz CT molecular complexity index is 584. The third kappa shape index (κ3) is 3.81. The molecule has 100 valence electrons. The van der Waals surface area contributed by atoms with Crippen molar-refractivity contribution in [2.24, 2.45) is 0 Å². The van der Waals surface area contributed by atoms with Gasteiger partial charge in [0.25, 0.3) is 0 Å². The number of rotatable bonds is 4. The molecule has 0 unspecified atom stereocenters. The summed E-state index contributed by atoms with van der Waals surface area (Å²) in [6.45, 7) is 2.82. The first-order valence-electron chi connectivity index (χ1n) is 5.97. The van der Waals surface area contributed by atoms with Crippen molar-refractivity contribution in [3.8, 4) is 11.5 Å². The van der Waals surface area contributed by atoms with Crippen LogP contribution >= 0.6 is 31.9 Å². The lowest BCUT2D eigenvalue weighted by Gasteiger charge is -2.12. The summed E-state index contributed by atoms with van der Waals surface area (Å²) in [5.74, 6) is 1.71. The first-order chi connectivity index (χ1) is 9.10. The van der Waals surface area contributed by atoms with E-state index in [1.165, 1.54) is 0 Å². The standard InChI is InChI=1S/C15H15Br2NO/c1-10-7-13(5-6-14(10)17)19-15-8-12(16)4-3-11(15)9-18-2/h3-8,18H,9H2,1-2H3. The van der Waals surface area contributed by atoms with Crippen LogP contribution in [0.5, 0.6) is 11.5 Å². The number of hydrogen-bond acceptors (Lipinski definition) is 2. The molecule has 2 aromatic carbocycles. The van der Waals surface area contributed by atoms with Crippen LogP contribution in [0.2, 0.25) is 0 Å². The van der Waals surface area contributed by atoms with Crippen molar-refractivity contribution in [3.05, 3.63) is 56.5 Å². The summed E-state index contributed by atoms with van der Waals surface area (Å²) in [7, 11) is 1.93. The number of hydrogen-bond donors (Lipinski definition) is 1. The van der Waals surface area contributed by atoms with Crippen LogP contribution in [0.25, 0.3) is 0 Å². The first kappa shape index (κ1) is 14.6. The van der Waals surface area contributed by atoms with Crippen molar-refractivity contribution in [3.63, 3.8) is 0 Å². The van der Waals surface area contributed by atoms with E-state index in [1.807, 2.05) is 44.3 Å². The van der Waals surface area contributed by atoms with Gasteiger partial charge in [-0.2, -0.15) is 0 Å². The molecule has 4 heteroatoms. The van der Waals surface area contributed by atoms with Gasteiger partial charge in [-0.1, -0.05) is 37.9 Å². The molecule has 0 saturated carbocycles. The average Bonchev–Trinajstić information content (AvgIpc) is 2.37.